The summed E-state index contributed by atoms with van der Waals surface area (Å²) < 4.78 is 24.4. The summed E-state index contributed by atoms with van der Waals surface area (Å²) in [5, 5.41) is 7.84. The first-order chi connectivity index (χ1) is 14.4. The van der Waals surface area contributed by atoms with Crippen molar-refractivity contribution < 1.29 is 18.7 Å². The van der Waals surface area contributed by atoms with Crippen LogP contribution < -0.4 is 20.1 Å². The Hall–Kier alpha value is -3.04. The number of aromatic nitrogens is 1. The largest absolute Gasteiger partial charge is 0.494 e. The number of hydrogen-bond donors (Lipinski definition) is 2. The van der Waals surface area contributed by atoms with E-state index in [2.05, 4.69) is 15.6 Å². The first kappa shape index (κ1) is 21.7. The lowest BCUT2D eigenvalue weighted by molar-refractivity contribution is 0.0977. The third-order valence-electron chi connectivity index (χ3n) is 3.89. The maximum Gasteiger partial charge on any atom is 0.257 e. The van der Waals surface area contributed by atoms with Crippen LogP contribution in [0.25, 0.3) is 11.3 Å². The van der Waals surface area contributed by atoms with Crippen molar-refractivity contribution in [3.63, 3.8) is 0 Å². The van der Waals surface area contributed by atoms with Crippen molar-refractivity contribution in [3.05, 3.63) is 59.2 Å². The monoisotopic (exact) mass is 445 g/mol. The summed E-state index contributed by atoms with van der Waals surface area (Å²) in [6.45, 7) is 3.86. The van der Waals surface area contributed by atoms with Crippen molar-refractivity contribution in [2.75, 3.05) is 12.4 Å². The van der Waals surface area contributed by atoms with Gasteiger partial charge in [-0.1, -0.05) is 0 Å². The second kappa shape index (κ2) is 9.64. The Balaban J connectivity index is 1.60. The third-order valence-corrected chi connectivity index (χ3v) is 4.85. The van der Waals surface area contributed by atoms with E-state index in [4.69, 9.17) is 21.7 Å². The van der Waals surface area contributed by atoms with Gasteiger partial charge in [-0.25, -0.2) is 9.37 Å². The summed E-state index contributed by atoms with van der Waals surface area (Å²) in [6, 6.07) is 11.4. The molecule has 2 N–H and O–H groups in total. The molecule has 0 aliphatic heterocycles. The fourth-order valence-corrected chi connectivity index (χ4v) is 3.53. The summed E-state index contributed by atoms with van der Waals surface area (Å²) in [7, 11) is 1.41. The number of thiocarbonyl (C=S) groups is 1. The molecule has 6 nitrogen and oxygen atoms in total. The SMILES string of the molecule is COc1ccc(-c2csc(NC(=S)NC(=O)c3ccc(OC(C)C)cc3)n2)cc1F. The van der Waals surface area contributed by atoms with Crippen LogP contribution in [-0.4, -0.2) is 29.2 Å². The molecule has 3 rings (SSSR count). The second-order valence-electron chi connectivity index (χ2n) is 6.49. The lowest BCUT2D eigenvalue weighted by Crippen LogP contribution is -2.34. The zero-order valence-corrected chi connectivity index (χ0v) is 18.2. The van der Waals surface area contributed by atoms with Crippen LogP contribution >= 0.6 is 23.6 Å². The maximum absolute atomic E-state index is 13.9. The summed E-state index contributed by atoms with van der Waals surface area (Å²) in [4.78, 5) is 16.7. The quantitative estimate of drug-likeness (QED) is 0.528. The molecule has 1 aromatic heterocycles. The lowest BCUT2D eigenvalue weighted by atomic mass is 10.1. The Labute approximate surface area is 183 Å². The lowest BCUT2D eigenvalue weighted by Gasteiger charge is -2.10. The molecular formula is C21H20FN3O3S2. The maximum atomic E-state index is 13.9. The molecule has 3 aromatic rings. The molecule has 0 bridgehead atoms. The second-order valence-corrected chi connectivity index (χ2v) is 7.75. The van der Waals surface area contributed by atoms with E-state index in [1.165, 1.54) is 24.5 Å². The molecule has 0 unspecified atom stereocenters. The van der Waals surface area contributed by atoms with E-state index in [9.17, 15) is 9.18 Å². The number of nitrogens with one attached hydrogen (secondary N) is 2. The number of halogens is 1. The fraction of sp³-hybridized carbons (Fsp3) is 0.190. The molecule has 0 aliphatic rings. The van der Waals surface area contributed by atoms with Crippen molar-refractivity contribution in [2.45, 2.75) is 20.0 Å². The predicted molar refractivity (Wildman–Crippen MR) is 120 cm³/mol. The van der Waals surface area contributed by atoms with E-state index in [1.807, 2.05) is 13.8 Å². The number of rotatable bonds is 6. The van der Waals surface area contributed by atoms with Gasteiger partial charge < -0.3 is 14.8 Å². The molecule has 0 radical (unpaired) electrons. The summed E-state index contributed by atoms with van der Waals surface area (Å²) >= 11 is 6.48. The molecule has 2 aromatic carbocycles. The van der Waals surface area contributed by atoms with Crippen molar-refractivity contribution in [3.8, 4) is 22.8 Å². The Morgan fingerprint density at radius 3 is 2.57 bits per heavy atom. The van der Waals surface area contributed by atoms with Crippen LogP contribution in [0.3, 0.4) is 0 Å². The van der Waals surface area contributed by atoms with Crippen LogP contribution in [0.1, 0.15) is 24.2 Å². The molecule has 0 atom stereocenters. The van der Waals surface area contributed by atoms with E-state index in [1.54, 1.807) is 41.8 Å². The van der Waals surface area contributed by atoms with Gasteiger partial charge in [-0.3, -0.25) is 10.1 Å². The number of methoxy groups -OCH3 is 1. The average molecular weight is 446 g/mol. The fourth-order valence-electron chi connectivity index (χ4n) is 2.55. The Morgan fingerprint density at radius 2 is 1.93 bits per heavy atom. The molecule has 1 amide bonds. The molecule has 0 saturated carbocycles. The number of thiazole rings is 1. The minimum absolute atomic E-state index is 0.0547. The molecule has 1 heterocycles. The van der Waals surface area contributed by atoms with E-state index >= 15 is 0 Å². The summed E-state index contributed by atoms with van der Waals surface area (Å²) in [5.41, 5.74) is 1.64. The zero-order valence-electron chi connectivity index (χ0n) is 16.6. The first-order valence-electron chi connectivity index (χ1n) is 9.04. The summed E-state index contributed by atoms with van der Waals surface area (Å²) in [5.74, 6) is 0.0373. The normalized spacial score (nSPS) is 10.6. The number of anilines is 1. The van der Waals surface area contributed by atoms with Crippen LogP contribution in [0.4, 0.5) is 9.52 Å². The number of nitrogens with zero attached hydrogens (tertiary/aromatic N) is 1. The van der Waals surface area contributed by atoms with Gasteiger partial charge in [0, 0.05) is 16.5 Å². The van der Waals surface area contributed by atoms with Crippen molar-refractivity contribution in [1.82, 2.24) is 10.3 Å². The number of amides is 1. The molecular weight excluding hydrogens is 425 g/mol. The minimum atomic E-state index is -0.467. The minimum Gasteiger partial charge on any atom is -0.494 e. The number of benzene rings is 2. The van der Waals surface area contributed by atoms with Gasteiger partial charge in [-0.05, 0) is 68.5 Å². The standard InChI is InChI=1S/C21H20FN3O3S2/c1-12(2)28-15-7-4-13(5-8-15)19(26)24-20(29)25-21-23-17(11-30-21)14-6-9-18(27-3)16(22)10-14/h4-12H,1-3H3,(H2,23,24,25,26,29). The van der Waals surface area contributed by atoms with Gasteiger partial charge in [0.15, 0.2) is 21.8 Å². The van der Waals surface area contributed by atoms with Gasteiger partial charge >= 0.3 is 0 Å². The third kappa shape index (κ3) is 5.52. The summed E-state index contributed by atoms with van der Waals surface area (Å²) in [6.07, 6.45) is 0.0547. The van der Waals surface area contributed by atoms with Crippen LogP contribution in [0.5, 0.6) is 11.5 Å². The molecule has 156 valence electrons. The zero-order chi connectivity index (χ0) is 21.7. The first-order valence-corrected chi connectivity index (χ1v) is 10.3. The molecule has 0 spiro atoms. The number of hydrogen-bond acceptors (Lipinski definition) is 6. The Morgan fingerprint density at radius 1 is 1.20 bits per heavy atom. The van der Waals surface area contributed by atoms with Crippen LogP contribution in [0.15, 0.2) is 47.8 Å². The van der Waals surface area contributed by atoms with Crippen LogP contribution in [0.2, 0.25) is 0 Å². The van der Waals surface area contributed by atoms with Crippen molar-refractivity contribution in [1.29, 1.82) is 0 Å². The van der Waals surface area contributed by atoms with E-state index in [0.29, 0.717) is 27.7 Å². The highest BCUT2D eigenvalue weighted by atomic mass is 32.1. The van der Waals surface area contributed by atoms with Gasteiger partial charge in [0.25, 0.3) is 5.91 Å². The van der Waals surface area contributed by atoms with E-state index in [0.717, 1.165) is 0 Å². The predicted octanol–water partition coefficient (Wildman–Crippen LogP) is 4.87. The van der Waals surface area contributed by atoms with Crippen molar-refractivity contribution >= 4 is 39.7 Å². The topological polar surface area (TPSA) is 72.5 Å². The van der Waals surface area contributed by atoms with Crippen molar-refractivity contribution in [2.24, 2.45) is 0 Å². The molecule has 30 heavy (non-hydrogen) atoms. The Bertz CT molecular complexity index is 1050. The molecule has 0 aliphatic carbocycles. The van der Waals surface area contributed by atoms with Gasteiger partial charge in [0.05, 0.1) is 18.9 Å². The molecule has 0 fully saturated rings. The van der Waals surface area contributed by atoms with Gasteiger partial charge in [0.1, 0.15) is 5.75 Å². The van der Waals surface area contributed by atoms with E-state index < -0.39 is 5.82 Å². The van der Waals surface area contributed by atoms with Crippen LogP contribution in [0, 0.1) is 5.82 Å². The molecule has 0 saturated heterocycles. The molecule has 9 heteroatoms. The Kier molecular flexibility index (Phi) is 6.96. The number of carbonyl (C=O) groups excluding carboxylic acids is 1. The van der Waals surface area contributed by atoms with Gasteiger partial charge in [0.2, 0.25) is 0 Å². The number of carbonyl (C=O) groups is 1. The highest BCUT2D eigenvalue weighted by molar-refractivity contribution is 7.80. The average Bonchev–Trinajstić information content (AvgIpc) is 3.16. The van der Waals surface area contributed by atoms with E-state index in [-0.39, 0.29) is 22.9 Å². The van der Waals surface area contributed by atoms with Crippen LogP contribution in [-0.2, 0) is 0 Å². The van der Waals surface area contributed by atoms with Gasteiger partial charge in [-0.15, -0.1) is 11.3 Å². The highest BCUT2D eigenvalue weighted by Gasteiger charge is 2.12. The highest BCUT2D eigenvalue weighted by Crippen LogP contribution is 2.28. The van der Waals surface area contributed by atoms with Gasteiger partial charge in [-0.2, -0.15) is 0 Å². The number of ether oxygens (including phenoxy) is 2. The smallest absolute Gasteiger partial charge is 0.257 e.